The van der Waals surface area contributed by atoms with Gasteiger partial charge in [-0.3, -0.25) is 4.98 Å². The van der Waals surface area contributed by atoms with Gasteiger partial charge in [-0.2, -0.15) is 0 Å². The number of carbonyl (C=O) groups is 1. The summed E-state index contributed by atoms with van der Waals surface area (Å²) in [5, 5.41) is 0. The number of hydrogen-bond donors (Lipinski definition) is 0. The molecule has 142 valence electrons. The number of imidazole rings is 1. The molecule has 0 amide bonds. The molecule has 0 aliphatic heterocycles. The second-order valence-electron chi connectivity index (χ2n) is 5.88. The molecule has 0 unspecified atom stereocenters. The summed E-state index contributed by atoms with van der Waals surface area (Å²) in [5.74, 6) is -0.0853. The van der Waals surface area contributed by atoms with Crippen molar-refractivity contribution in [3.05, 3.63) is 48.3 Å². The minimum absolute atomic E-state index is 0.0618. The lowest BCUT2D eigenvalue weighted by Gasteiger charge is -2.11. The zero-order valence-corrected chi connectivity index (χ0v) is 16.0. The first-order valence-electron chi connectivity index (χ1n) is 8.19. The fraction of sp³-hybridized carbons (Fsp3) is 0.294. The van der Waals surface area contributed by atoms with Crippen molar-refractivity contribution in [3.8, 4) is 0 Å². The van der Waals surface area contributed by atoms with Gasteiger partial charge >= 0.3 is 5.97 Å². The Labute approximate surface area is 156 Å². The van der Waals surface area contributed by atoms with E-state index < -0.39 is 16.0 Å². The summed E-state index contributed by atoms with van der Waals surface area (Å²) in [6.45, 7) is 2.46. The summed E-state index contributed by atoms with van der Waals surface area (Å²) >= 11 is 0. The van der Waals surface area contributed by atoms with E-state index in [1.165, 1.54) is 38.8 Å². The molecule has 2 heterocycles. The van der Waals surface area contributed by atoms with Gasteiger partial charge in [0.25, 0.3) is 0 Å². The van der Waals surface area contributed by atoms with Gasteiger partial charge in [-0.1, -0.05) is 0 Å². The summed E-state index contributed by atoms with van der Waals surface area (Å²) in [6.07, 6.45) is 4.20. The number of sulfonamides is 1. The molecule has 0 N–H and O–H groups in total. The highest BCUT2D eigenvalue weighted by atomic mass is 32.2. The van der Waals surface area contributed by atoms with Crippen LogP contribution < -0.4 is 0 Å². The first kappa shape index (κ1) is 18.9. The summed E-state index contributed by atoms with van der Waals surface area (Å²) in [6, 6.07) is 4.77. The Bertz CT molecular complexity index is 1080. The molecule has 1 aromatic carbocycles. The predicted molar refractivity (Wildman–Crippen MR) is 97.4 cm³/mol. The van der Waals surface area contributed by atoms with Crippen molar-refractivity contribution in [2.24, 2.45) is 0 Å². The smallest absolute Gasteiger partial charge is 0.358 e. The lowest BCUT2D eigenvalue weighted by atomic mass is 10.3. The van der Waals surface area contributed by atoms with Crippen molar-refractivity contribution in [1.82, 2.24) is 23.8 Å². The molecular formula is C17H19N5O4S. The summed E-state index contributed by atoms with van der Waals surface area (Å²) in [5.41, 5.74) is 1.39. The highest BCUT2D eigenvalue weighted by molar-refractivity contribution is 7.89. The minimum atomic E-state index is -3.56. The third-order valence-electron chi connectivity index (χ3n) is 4.00. The Kier molecular flexibility index (Phi) is 5.19. The molecule has 0 bridgehead atoms. The fourth-order valence-corrected chi connectivity index (χ4v) is 3.52. The first-order chi connectivity index (χ1) is 12.8. The molecule has 0 atom stereocenters. The van der Waals surface area contributed by atoms with Crippen LogP contribution in [0.5, 0.6) is 0 Å². The molecule has 9 nitrogen and oxygen atoms in total. The summed E-state index contributed by atoms with van der Waals surface area (Å²) in [7, 11) is -0.609. The Balaban J connectivity index is 1.91. The summed E-state index contributed by atoms with van der Waals surface area (Å²) in [4.78, 5) is 24.4. The van der Waals surface area contributed by atoms with E-state index in [0.717, 1.165) is 9.82 Å². The van der Waals surface area contributed by atoms with E-state index >= 15 is 0 Å². The van der Waals surface area contributed by atoms with Crippen LogP contribution >= 0.6 is 0 Å². The molecule has 0 aliphatic carbocycles. The number of hydrogen-bond acceptors (Lipinski definition) is 7. The predicted octanol–water partition coefficient (Wildman–Crippen LogP) is 1.45. The molecular weight excluding hydrogens is 370 g/mol. The van der Waals surface area contributed by atoms with Crippen molar-refractivity contribution in [3.63, 3.8) is 0 Å². The number of aromatic nitrogens is 4. The molecule has 27 heavy (non-hydrogen) atoms. The van der Waals surface area contributed by atoms with E-state index in [1.54, 1.807) is 12.1 Å². The van der Waals surface area contributed by atoms with Crippen LogP contribution in [0.4, 0.5) is 0 Å². The Morgan fingerprint density at radius 2 is 2.04 bits per heavy atom. The van der Waals surface area contributed by atoms with Crippen molar-refractivity contribution >= 4 is 27.0 Å². The highest BCUT2D eigenvalue weighted by Gasteiger charge is 2.20. The van der Waals surface area contributed by atoms with Gasteiger partial charge in [0, 0.05) is 33.0 Å². The number of ether oxygens (including phenoxy) is 1. The molecule has 3 rings (SSSR count). The first-order valence-corrected chi connectivity index (χ1v) is 9.63. The Hall–Kier alpha value is -2.85. The number of carbonyl (C=O) groups excluding carboxylic acids is 1. The zero-order chi connectivity index (χ0) is 19.6. The van der Waals surface area contributed by atoms with Crippen LogP contribution in [0.1, 0.15) is 23.2 Å². The molecule has 0 radical (unpaired) electrons. The molecule has 0 saturated carbocycles. The maximum Gasteiger partial charge on any atom is 0.358 e. The number of rotatable bonds is 6. The number of esters is 1. The van der Waals surface area contributed by atoms with Gasteiger partial charge in [-0.05, 0) is 25.1 Å². The van der Waals surface area contributed by atoms with Gasteiger partial charge in [-0.15, -0.1) is 0 Å². The van der Waals surface area contributed by atoms with Crippen LogP contribution in [0, 0.1) is 0 Å². The second-order valence-corrected chi connectivity index (χ2v) is 8.03. The standard InChI is InChI=1S/C17H19N5O4S/c1-4-22-15-6-5-12(27(24,25)21(2)3)9-13(15)20-16(22)11-26-17(23)14-10-18-7-8-19-14/h5-10H,4,11H2,1-3H3. The number of benzene rings is 1. The molecule has 0 fully saturated rings. The lowest BCUT2D eigenvalue weighted by Crippen LogP contribution is -2.22. The summed E-state index contributed by atoms with van der Waals surface area (Å²) < 4.78 is 32.9. The topological polar surface area (TPSA) is 107 Å². The van der Waals surface area contributed by atoms with E-state index in [4.69, 9.17) is 4.74 Å². The maximum absolute atomic E-state index is 12.3. The van der Waals surface area contributed by atoms with Gasteiger partial charge in [0.2, 0.25) is 10.0 Å². The molecule has 10 heteroatoms. The molecule has 2 aromatic heterocycles. The van der Waals surface area contributed by atoms with Gasteiger partial charge in [-0.25, -0.2) is 27.5 Å². The third kappa shape index (κ3) is 3.67. The highest BCUT2D eigenvalue weighted by Crippen LogP contribution is 2.22. The molecule has 0 spiro atoms. The average Bonchev–Trinajstić information content (AvgIpc) is 3.03. The van der Waals surface area contributed by atoms with Crippen LogP contribution in [-0.4, -0.2) is 52.3 Å². The second kappa shape index (κ2) is 7.41. The number of nitrogens with zero attached hydrogens (tertiary/aromatic N) is 5. The average molecular weight is 389 g/mol. The SMILES string of the molecule is CCn1c(COC(=O)c2cnccn2)nc2cc(S(=O)(=O)N(C)C)ccc21. The Morgan fingerprint density at radius 1 is 1.26 bits per heavy atom. The number of fused-ring (bicyclic) bond motifs is 1. The van der Waals surface area contributed by atoms with Crippen molar-refractivity contribution in [2.75, 3.05) is 14.1 Å². The zero-order valence-electron chi connectivity index (χ0n) is 15.2. The minimum Gasteiger partial charge on any atom is -0.453 e. The van der Waals surface area contributed by atoms with E-state index in [1.807, 2.05) is 11.5 Å². The largest absolute Gasteiger partial charge is 0.453 e. The van der Waals surface area contributed by atoms with Crippen LogP contribution in [0.15, 0.2) is 41.7 Å². The Morgan fingerprint density at radius 3 is 2.67 bits per heavy atom. The molecule has 0 aliphatic rings. The van der Waals surface area contributed by atoms with Crippen molar-refractivity contribution in [2.45, 2.75) is 25.0 Å². The monoisotopic (exact) mass is 389 g/mol. The van der Waals surface area contributed by atoms with Gasteiger partial charge < -0.3 is 9.30 Å². The van der Waals surface area contributed by atoms with Crippen LogP contribution in [0.2, 0.25) is 0 Å². The lowest BCUT2D eigenvalue weighted by molar-refractivity contribution is 0.0451. The van der Waals surface area contributed by atoms with E-state index in [9.17, 15) is 13.2 Å². The van der Waals surface area contributed by atoms with E-state index in [0.29, 0.717) is 17.9 Å². The van der Waals surface area contributed by atoms with Crippen LogP contribution in [-0.2, 0) is 27.9 Å². The van der Waals surface area contributed by atoms with Gasteiger partial charge in [0.1, 0.15) is 12.4 Å². The fourth-order valence-electron chi connectivity index (χ4n) is 2.60. The quantitative estimate of drug-likeness (QED) is 0.587. The molecule has 3 aromatic rings. The van der Waals surface area contributed by atoms with Crippen molar-refractivity contribution < 1.29 is 17.9 Å². The number of aryl methyl sites for hydroxylation is 1. The molecule has 0 saturated heterocycles. The maximum atomic E-state index is 12.3. The van der Waals surface area contributed by atoms with Gasteiger partial charge in [0.05, 0.1) is 22.1 Å². The van der Waals surface area contributed by atoms with Crippen LogP contribution in [0.25, 0.3) is 11.0 Å². The van der Waals surface area contributed by atoms with E-state index in [-0.39, 0.29) is 17.2 Å². The van der Waals surface area contributed by atoms with Crippen LogP contribution in [0.3, 0.4) is 0 Å². The van der Waals surface area contributed by atoms with Gasteiger partial charge in [0.15, 0.2) is 5.69 Å². The van der Waals surface area contributed by atoms with E-state index in [2.05, 4.69) is 15.0 Å². The normalized spacial score (nSPS) is 11.9. The van der Waals surface area contributed by atoms with Crippen molar-refractivity contribution in [1.29, 1.82) is 0 Å². The third-order valence-corrected chi connectivity index (χ3v) is 5.81.